The first-order chi connectivity index (χ1) is 9.83. The van der Waals surface area contributed by atoms with Gasteiger partial charge in [-0.25, -0.2) is 4.79 Å². The number of rotatable bonds is 5. The molecule has 1 unspecified atom stereocenters. The Morgan fingerprint density at radius 3 is 2.90 bits per heavy atom. The second-order valence-corrected chi connectivity index (χ2v) is 5.88. The fourth-order valence-electron chi connectivity index (χ4n) is 2.36. The number of ether oxygens (including phenoxy) is 1. The molecule has 1 saturated carbocycles. The third-order valence-corrected chi connectivity index (χ3v) is 4.32. The third kappa shape index (κ3) is 3.39. The van der Waals surface area contributed by atoms with Crippen molar-refractivity contribution in [1.29, 1.82) is 0 Å². The van der Waals surface area contributed by atoms with Gasteiger partial charge in [0.1, 0.15) is 6.61 Å². The molecule has 104 valence electrons. The van der Waals surface area contributed by atoms with Crippen molar-refractivity contribution >= 4 is 17.4 Å². The normalized spacial score (nSPS) is 20.4. The third-order valence-electron chi connectivity index (χ3n) is 3.62. The van der Waals surface area contributed by atoms with E-state index in [1.54, 1.807) is 11.3 Å². The molecule has 20 heavy (non-hydrogen) atoms. The number of hydrogen-bond donors (Lipinski definition) is 1. The smallest absolute Gasteiger partial charge is 0.407 e. The highest BCUT2D eigenvalue weighted by molar-refractivity contribution is 7.08. The van der Waals surface area contributed by atoms with E-state index in [-0.39, 0.29) is 6.09 Å². The molecule has 1 amide bonds. The Bertz CT molecular complexity index is 553. The van der Waals surface area contributed by atoms with Crippen molar-refractivity contribution in [2.75, 3.05) is 6.54 Å². The Balaban J connectivity index is 1.36. The summed E-state index contributed by atoms with van der Waals surface area (Å²) in [5.74, 6) is 1.18. The topological polar surface area (TPSA) is 38.3 Å². The van der Waals surface area contributed by atoms with E-state index in [1.165, 1.54) is 5.56 Å². The van der Waals surface area contributed by atoms with Crippen LogP contribution in [0.1, 0.15) is 23.5 Å². The number of nitrogens with one attached hydrogen (secondary N) is 1. The van der Waals surface area contributed by atoms with Crippen molar-refractivity contribution in [3.63, 3.8) is 0 Å². The first-order valence-electron chi connectivity index (χ1n) is 6.79. The zero-order chi connectivity index (χ0) is 13.8. The SMILES string of the molecule is O=C(NC[C@H]1CC1c1ccsc1)OCc1ccccc1. The second kappa shape index (κ2) is 6.09. The summed E-state index contributed by atoms with van der Waals surface area (Å²) < 4.78 is 5.18. The molecule has 0 radical (unpaired) electrons. The van der Waals surface area contributed by atoms with Crippen molar-refractivity contribution in [2.24, 2.45) is 5.92 Å². The summed E-state index contributed by atoms with van der Waals surface area (Å²) >= 11 is 1.73. The fraction of sp³-hybridized carbons (Fsp3) is 0.312. The van der Waals surface area contributed by atoms with Crippen molar-refractivity contribution in [2.45, 2.75) is 18.9 Å². The highest BCUT2D eigenvalue weighted by Crippen LogP contribution is 2.47. The molecular formula is C16H17NO2S. The highest BCUT2D eigenvalue weighted by Gasteiger charge is 2.38. The van der Waals surface area contributed by atoms with Gasteiger partial charge in [0.15, 0.2) is 0 Å². The van der Waals surface area contributed by atoms with E-state index in [0.717, 1.165) is 12.0 Å². The van der Waals surface area contributed by atoms with Crippen LogP contribution in [0, 0.1) is 5.92 Å². The maximum absolute atomic E-state index is 11.6. The Morgan fingerprint density at radius 1 is 1.30 bits per heavy atom. The first-order valence-corrected chi connectivity index (χ1v) is 7.74. The Kier molecular flexibility index (Phi) is 4.02. The quantitative estimate of drug-likeness (QED) is 0.909. The average molecular weight is 287 g/mol. The molecule has 4 heteroatoms. The van der Waals surface area contributed by atoms with Gasteiger partial charge in [-0.15, -0.1) is 0 Å². The molecule has 1 heterocycles. The molecule has 1 aliphatic rings. The summed E-state index contributed by atoms with van der Waals surface area (Å²) in [6.45, 7) is 1.03. The van der Waals surface area contributed by atoms with Crippen LogP contribution in [-0.2, 0) is 11.3 Å². The van der Waals surface area contributed by atoms with Crippen LogP contribution in [0.15, 0.2) is 47.2 Å². The summed E-state index contributed by atoms with van der Waals surface area (Å²) in [6.07, 6.45) is 0.834. The van der Waals surface area contributed by atoms with Gasteiger partial charge in [-0.2, -0.15) is 11.3 Å². The van der Waals surface area contributed by atoms with Crippen LogP contribution in [0.4, 0.5) is 4.79 Å². The maximum atomic E-state index is 11.6. The van der Waals surface area contributed by atoms with Crippen LogP contribution >= 0.6 is 11.3 Å². The number of carbonyl (C=O) groups is 1. The predicted molar refractivity (Wildman–Crippen MR) is 79.8 cm³/mol. The molecule has 3 rings (SSSR count). The zero-order valence-corrected chi connectivity index (χ0v) is 11.9. The van der Waals surface area contributed by atoms with Crippen LogP contribution in [0.2, 0.25) is 0 Å². The summed E-state index contributed by atoms with van der Waals surface area (Å²) in [7, 11) is 0. The molecule has 1 N–H and O–H groups in total. The van der Waals surface area contributed by atoms with Gasteiger partial charge in [0.05, 0.1) is 0 Å². The molecule has 2 aromatic rings. The van der Waals surface area contributed by atoms with E-state index in [9.17, 15) is 4.79 Å². The lowest BCUT2D eigenvalue weighted by molar-refractivity contribution is 0.139. The van der Waals surface area contributed by atoms with Gasteiger partial charge in [-0.1, -0.05) is 30.3 Å². The van der Waals surface area contributed by atoms with E-state index in [4.69, 9.17) is 4.74 Å². The standard InChI is InChI=1S/C16H17NO2S/c18-16(19-10-12-4-2-1-3-5-12)17-9-14-8-15(14)13-6-7-20-11-13/h1-7,11,14-15H,8-10H2,(H,17,18)/t14-,15?/m1/s1. The number of alkyl carbamates (subject to hydrolysis) is 1. The number of thiophene rings is 1. The van der Waals surface area contributed by atoms with E-state index in [1.807, 2.05) is 30.3 Å². The lowest BCUT2D eigenvalue weighted by atomic mass is 10.2. The number of amides is 1. The van der Waals surface area contributed by atoms with Crippen molar-refractivity contribution in [1.82, 2.24) is 5.32 Å². The lowest BCUT2D eigenvalue weighted by Gasteiger charge is -2.06. The zero-order valence-electron chi connectivity index (χ0n) is 11.1. The second-order valence-electron chi connectivity index (χ2n) is 5.10. The van der Waals surface area contributed by atoms with Crippen LogP contribution in [-0.4, -0.2) is 12.6 Å². The van der Waals surface area contributed by atoms with Crippen LogP contribution < -0.4 is 5.32 Å². The van der Waals surface area contributed by atoms with Crippen LogP contribution in [0.25, 0.3) is 0 Å². The predicted octanol–water partition coefficient (Wildman–Crippen LogP) is 3.78. The molecule has 1 fully saturated rings. The summed E-state index contributed by atoms with van der Waals surface area (Å²) in [6, 6.07) is 11.9. The number of carbonyl (C=O) groups excluding carboxylic acids is 1. The van der Waals surface area contributed by atoms with Gasteiger partial charge < -0.3 is 10.1 Å². The molecule has 0 spiro atoms. The monoisotopic (exact) mass is 287 g/mol. The van der Waals surface area contributed by atoms with Gasteiger partial charge in [0.2, 0.25) is 0 Å². The number of benzene rings is 1. The van der Waals surface area contributed by atoms with E-state index in [2.05, 4.69) is 22.1 Å². The van der Waals surface area contributed by atoms with Gasteiger partial charge in [-0.05, 0) is 46.2 Å². The van der Waals surface area contributed by atoms with Gasteiger partial charge >= 0.3 is 6.09 Å². The maximum Gasteiger partial charge on any atom is 0.407 e. The minimum Gasteiger partial charge on any atom is -0.445 e. The molecule has 1 aliphatic carbocycles. The van der Waals surface area contributed by atoms with E-state index >= 15 is 0 Å². The minimum absolute atomic E-state index is 0.325. The number of hydrogen-bond acceptors (Lipinski definition) is 3. The van der Waals surface area contributed by atoms with Crippen molar-refractivity contribution in [3.8, 4) is 0 Å². The summed E-state index contributed by atoms with van der Waals surface area (Å²) in [4.78, 5) is 11.6. The molecule has 0 bridgehead atoms. The Morgan fingerprint density at radius 2 is 2.15 bits per heavy atom. The lowest BCUT2D eigenvalue weighted by Crippen LogP contribution is -2.26. The largest absolute Gasteiger partial charge is 0.445 e. The van der Waals surface area contributed by atoms with Crippen LogP contribution in [0.5, 0.6) is 0 Å². The van der Waals surface area contributed by atoms with Gasteiger partial charge in [0, 0.05) is 6.54 Å². The molecule has 0 aliphatic heterocycles. The molecular weight excluding hydrogens is 270 g/mol. The Hall–Kier alpha value is -1.81. The summed E-state index contributed by atoms with van der Waals surface area (Å²) in [5, 5.41) is 7.15. The van der Waals surface area contributed by atoms with Crippen molar-refractivity contribution in [3.05, 3.63) is 58.3 Å². The average Bonchev–Trinajstić information content (AvgIpc) is 3.05. The molecule has 3 nitrogen and oxygen atoms in total. The summed E-state index contributed by atoms with van der Waals surface area (Å²) in [5.41, 5.74) is 2.41. The van der Waals surface area contributed by atoms with Crippen LogP contribution in [0.3, 0.4) is 0 Å². The molecule has 1 aromatic carbocycles. The van der Waals surface area contributed by atoms with E-state index in [0.29, 0.717) is 25.0 Å². The highest BCUT2D eigenvalue weighted by atomic mass is 32.1. The first kappa shape index (κ1) is 13.2. The Labute approximate surface area is 122 Å². The van der Waals surface area contributed by atoms with Gasteiger partial charge in [-0.3, -0.25) is 0 Å². The fourth-order valence-corrected chi connectivity index (χ4v) is 3.08. The van der Waals surface area contributed by atoms with Crippen molar-refractivity contribution < 1.29 is 9.53 Å². The molecule has 1 aromatic heterocycles. The minimum atomic E-state index is -0.329. The van der Waals surface area contributed by atoms with E-state index < -0.39 is 0 Å². The molecule has 2 atom stereocenters. The van der Waals surface area contributed by atoms with Gasteiger partial charge in [0.25, 0.3) is 0 Å². The molecule has 0 saturated heterocycles.